The third-order valence-corrected chi connectivity index (χ3v) is 11.3. The highest BCUT2D eigenvalue weighted by atomic mass is 16.6. The predicted molar refractivity (Wildman–Crippen MR) is 169 cm³/mol. The summed E-state index contributed by atoms with van der Waals surface area (Å²) in [4.78, 5) is 26.8. The zero-order chi connectivity index (χ0) is 34.7. The minimum absolute atomic E-state index is 0.0250. The number of ketones is 1. The van der Waals surface area contributed by atoms with Crippen molar-refractivity contribution in [2.45, 2.75) is 116 Å². The van der Waals surface area contributed by atoms with Crippen LogP contribution in [0.5, 0.6) is 17.2 Å². The Hall–Kier alpha value is -3.19. The fourth-order valence-electron chi connectivity index (χ4n) is 8.95. The largest absolute Gasteiger partial charge is 0.493 e. The lowest BCUT2D eigenvalue weighted by Crippen LogP contribution is -2.87. The van der Waals surface area contributed by atoms with Gasteiger partial charge in [-0.05, 0) is 50.7 Å². The summed E-state index contributed by atoms with van der Waals surface area (Å²) in [6.45, 7) is 12.3. The van der Waals surface area contributed by atoms with Gasteiger partial charge in [0, 0.05) is 36.3 Å². The molecule has 1 aromatic carbocycles. The van der Waals surface area contributed by atoms with E-state index >= 15 is 0 Å². The predicted octanol–water partition coefficient (Wildman–Crippen LogP) is 4.65. The van der Waals surface area contributed by atoms with Gasteiger partial charge in [0.15, 0.2) is 34.7 Å². The van der Waals surface area contributed by atoms with E-state index in [0.29, 0.717) is 53.5 Å². The summed E-state index contributed by atoms with van der Waals surface area (Å²) >= 11 is 0. The van der Waals surface area contributed by atoms with Crippen molar-refractivity contribution in [2.24, 2.45) is 16.7 Å². The first kappa shape index (κ1) is 35.1. The van der Waals surface area contributed by atoms with Crippen molar-refractivity contribution in [3.63, 3.8) is 0 Å². The van der Waals surface area contributed by atoms with Crippen molar-refractivity contribution in [3.05, 3.63) is 24.0 Å². The molecule has 0 radical (unpaired) electrons. The van der Waals surface area contributed by atoms with Crippen LogP contribution in [0.4, 0.5) is 0 Å². The smallest absolute Gasteiger partial charge is 0.303 e. The summed E-state index contributed by atoms with van der Waals surface area (Å²) in [5, 5.41) is 29.3. The summed E-state index contributed by atoms with van der Waals surface area (Å²) in [6, 6.07) is 5.26. The Labute approximate surface area is 276 Å². The Morgan fingerprint density at radius 2 is 1.68 bits per heavy atom. The molecule has 0 spiro atoms. The minimum Gasteiger partial charge on any atom is -0.493 e. The van der Waals surface area contributed by atoms with Gasteiger partial charge < -0.3 is 43.2 Å². The van der Waals surface area contributed by atoms with Crippen molar-refractivity contribution in [1.82, 2.24) is 5.16 Å². The second kappa shape index (κ2) is 12.0. The zero-order valence-electron chi connectivity index (χ0n) is 29.1. The number of hydrogen-bond acceptors (Lipinski definition) is 12. The molecule has 2 N–H and O–H groups in total. The zero-order valence-corrected chi connectivity index (χ0v) is 29.1. The molecule has 1 aromatic heterocycles. The highest BCUT2D eigenvalue weighted by molar-refractivity contribution is 5.92. The molecule has 2 aromatic rings. The van der Waals surface area contributed by atoms with Crippen LogP contribution in [-0.2, 0) is 30.4 Å². The Morgan fingerprint density at radius 1 is 1.04 bits per heavy atom. The Morgan fingerprint density at radius 3 is 2.23 bits per heavy atom. The van der Waals surface area contributed by atoms with E-state index in [0.717, 1.165) is 0 Å². The minimum atomic E-state index is -2.18. The number of carbonyl (C=O) groups excluding carboxylic acids is 2. The van der Waals surface area contributed by atoms with Crippen LogP contribution in [0.25, 0.3) is 11.3 Å². The third-order valence-electron chi connectivity index (χ3n) is 11.3. The highest BCUT2D eigenvalue weighted by Gasteiger charge is 2.81. The van der Waals surface area contributed by atoms with E-state index in [2.05, 4.69) is 5.16 Å². The topological polar surface area (TPSA) is 156 Å². The molecule has 2 saturated carbocycles. The van der Waals surface area contributed by atoms with Crippen molar-refractivity contribution in [3.8, 4) is 28.5 Å². The number of nitrogens with zero attached hydrogens (tertiary/aromatic N) is 1. The Balaban J connectivity index is 1.53. The molecule has 2 aliphatic carbocycles. The Kier molecular flexibility index (Phi) is 9.00. The second-order valence-electron chi connectivity index (χ2n) is 14.5. The molecule has 260 valence electrons. The number of Topliss-reactive ketones (excluding diaryl/α,β-unsaturated/α-hetero) is 1. The lowest BCUT2D eigenvalue weighted by atomic mass is 9.39. The molecule has 1 aliphatic heterocycles. The first-order valence-electron chi connectivity index (χ1n) is 16.1. The molecule has 3 aliphatic rings. The lowest BCUT2D eigenvalue weighted by molar-refractivity contribution is -0.378. The number of benzene rings is 1. The number of rotatable bonds is 9. The van der Waals surface area contributed by atoms with Crippen LogP contribution in [0.3, 0.4) is 0 Å². The standard InChI is InChI=1S/C35H49NO11/c1-11-32(5)17-25(38)35(40)33(6)26(12-13-31(3,4)29(33)27(39)30(45-19(2)37)34(35,7)47-32)44-18-21-16-22(36-46-21)20-14-23(41-8)28(43-10)24(15-20)42-9/h14-16,26-27,29-30,39-40H,11-13,17-18H2,1-10H3/t26-,27-,29-,30-,32-,33-,34+,35-/m0/s1. The summed E-state index contributed by atoms with van der Waals surface area (Å²) in [7, 11) is 4.59. The number of esters is 1. The number of fused-ring (bicyclic) bond motifs is 3. The normalized spacial score (nSPS) is 36.2. The SMILES string of the molecule is CC[C@@]1(C)CC(=O)[C@]2(O)[C@@]3(C)[C@@H](OCc4cc(-c5cc(OC)c(OC)c(OC)c5)no4)CCC(C)(C)[C@@H]3[C@H](O)[C@H](OC(C)=O)[C@@]2(C)O1. The van der Waals surface area contributed by atoms with Crippen LogP contribution in [0.2, 0.25) is 0 Å². The van der Waals surface area contributed by atoms with Crippen LogP contribution in [0.15, 0.2) is 22.7 Å². The molecule has 0 bridgehead atoms. The maximum absolute atomic E-state index is 14.4. The van der Waals surface area contributed by atoms with Crippen LogP contribution in [0.1, 0.15) is 79.9 Å². The lowest BCUT2D eigenvalue weighted by Gasteiger charge is -2.71. The molecule has 47 heavy (non-hydrogen) atoms. The van der Waals surface area contributed by atoms with Crippen molar-refractivity contribution in [1.29, 1.82) is 0 Å². The molecule has 3 fully saturated rings. The monoisotopic (exact) mass is 659 g/mol. The molecule has 12 heteroatoms. The van der Waals surface area contributed by atoms with Gasteiger partial charge in [0.05, 0.1) is 39.1 Å². The Bertz CT molecular complexity index is 1500. The number of aliphatic hydroxyl groups is 2. The van der Waals surface area contributed by atoms with Gasteiger partial charge in [0.2, 0.25) is 5.75 Å². The van der Waals surface area contributed by atoms with Gasteiger partial charge >= 0.3 is 5.97 Å². The van der Waals surface area contributed by atoms with E-state index in [1.807, 2.05) is 20.8 Å². The number of aromatic nitrogens is 1. The van der Waals surface area contributed by atoms with E-state index in [1.165, 1.54) is 28.3 Å². The highest BCUT2D eigenvalue weighted by Crippen LogP contribution is 2.67. The van der Waals surface area contributed by atoms with E-state index in [4.69, 9.17) is 32.9 Å². The van der Waals surface area contributed by atoms with Crippen LogP contribution in [0, 0.1) is 16.7 Å². The van der Waals surface area contributed by atoms with Crippen molar-refractivity contribution < 1.29 is 52.7 Å². The quantitative estimate of drug-likeness (QED) is 0.360. The fraction of sp³-hybridized carbons (Fsp3) is 0.686. The summed E-state index contributed by atoms with van der Waals surface area (Å²) < 4.78 is 41.0. The van der Waals surface area contributed by atoms with E-state index in [9.17, 15) is 19.8 Å². The fourth-order valence-corrected chi connectivity index (χ4v) is 8.95. The molecule has 8 atom stereocenters. The van der Waals surface area contributed by atoms with Gasteiger partial charge in [-0.3, -0.25) is 9.59 Å². The summed E-state index contributed by atoms with van der Waals surface area (Å²) in [5.74, 6) is 0.00310. The molecular formula is C35H49NO11. The number of carbonyl (C=O) groups is 2. The second-order valence-corrected chi connectivity index (χ2v) is 14.5. The molecule has 0 unspecified atom stereocenters. The number of aliphatic hydroxyl groups excluding tert-OH is 1. The van der Waals surface area contributed by atoms with Crippen molar-refractivity contribution in [2.75, 3.05) is 21.3 Å². The molecule has 2 heterocycles. The first-order valence-corrected chi connectivity index (χ1v) is 16.1. The van der Waals surface area contributed by atoms with Gasteiger partial charge in [-0.15, -0.1) is 0 Å². The van der Waals surface area contributed by atoms with E-state index < -0.39 is 63.6 Å². The maximum atomic E-state index is 14.4. The number of hydrogen-bond donors (Lipinski definition) is 2. The van der Waals surface area contributed by atoms with Crippen molar-refractivity contribution >= 4 is 11.8 Å². The molecule has 5 rings (SSSR count). The summed E-state index contributed by atoms with van der Waals surface area (Å²) in [5.41, 5.74) is -5.64. The molecule has 0 amide bonds. The summed E-state index contributed by atoms with van der Waals surface area (Å²) in [6.07, 6.45) is -1.76. The average Bonchev–Trinajstić information content (AvgIpc) is 3.49. The van der Waals surface area contributed by atoms with Crippen LogP contribution < -0.4 is 14.2 Å². The van der Waals surface area contributed by atoms with Gasteiger partial charge in [0.1, 0.15) is 17.9 Å². The van der Waals surface area contributed by atoms with Crippen LogP contribution in [-0.4, -0.2) is 83.6 Å². The van der Waals surface area contributed by atoms with Gasteiger partial charge in [-0.1, -0.05) is 32.9 Å². The van der Waals surface area contributed by atoms with Gasteiger partial charge in [0.25, 0.3) is 0 Å². The number of methoxy groups -OCH3 is 3. The van der Waals surface area contributed by atoms with E-state index in [1.54, 1.807) is 39.0 Å². The number of ether oxygens (including phenoxy) is 6. The molecule has 1 saturated heterocycles. The first-order chi connectivity index (χ1) is 22.0. The maximum Gasteiger partial charge on any atom is 0.303 e. The molecule has 12 nitrogen and oxygen atoms in total. The van der Waals surface area contributed by atoms with Gasteiger partial charge in [-0.2, -0.15) is 0 Å². The third kappa shape index (κ3) is 5.23. The molecular weight excluding hydrogens is 610 g/mol. The van der Waals surface area contributed by atoms with E-state index in [-0.39, 0.29) is 13.0 Å². The van der Waals surface area contributed by atoms with Gasteiger partial charge in [-0.25, -0.2) is 0 Å². The van der Waals surface area contributed by atoms with Crippen LogP contribution >= 0.6 is 0 Å². The average molecular weight is 660 g/mol.